The third kappa shape index (κ3) is 3.43. The van der Waals surface area contributed by atoms with Crippen molar-refractivity contribution < 1.29 is 31.5 Å². The van der Waals surface area contributed by atoms with Gasteiger partial charge in [0.05, 0.1) is 0 Å². The molecule has 0 spiro atoms. The van der Waals surface area contributed by atoms with Crippen LogP contribution in [0.15, 0.2) is 10.3 Å². The summed E-state index contributed by atoms with van der Waals surface area (Å²) >= 11 is 0.645. The minimum Gasteiger partial charge on any atom is -0.477 e. The summed E-state index contributed by atoms with van der Waals surface area (Å²) < 4.78 is 60.4. The van der Waals surface area contributed by atoms with Crippen molar-refractivity contribution in [3.05, 3.63) is 15.8 Å². The fourth-order valence-corrected chi connectivity index (χ4v) is 3.81. The molecule has 0 aromatic carbocycles. The fourth-order valence-electron chi connectivity index (χ4n) is 1.16. The predicted molar refractivity (Wildman–Crippen MR) is 57.3 cm³/mol. The third-order valence-corrected chi connectivity index (χ3v) is 4.65. The Morgan fingerprint density at radius 2 is 2.06 bits per heavy atom. The topological polar surface area (TPSA) is 83.5 Å². The van der Waals surface area contributed by atoms with Gasteiger partial charge >= 0.3 is 12.1 Å². The van der Waals surface area contributed by atoms with Gasteiger partial charge in [0.15, 0.2) is 0 Å². The number of thiophene rings is 1. The number of halogens is 3. The highest BCUT2D eigenvalue weighted by molar-refractivity contribution is 7.89. The van der Waals surface area contributed by atoms with E-state index in [-0.39, 0.29) is 5.56 Å². The average Bonchev–Trinajstić information content (AvgIpc) is 2.57. The van der Waals surface area contributed by atoms with E-state index in [4.69, 9.17) is 5.11 Å². The molecule has 0 radical (unpaired) electrons. The summed E-state index contributed by atoms with van der Waals surface area (Å²) in [6, 6.07) is 0. The van der Waals surface area contributed by atoms with Crippen LogP contribution in [0.5, 0.6) is 0 Å². The number of carboxylic acid groups (broad SMARTS) is 1. The van der Waals surface area contributed by atoms with Crippen molar-refractivity contribution in [1.29, 1.82) is 0 Å². The monoisotopic (exact) mass is 303 g/mol. The molecule has 0 amide bonds. The molecule has 0 unspecified atom stereocenters. The van der Waals surface area contributed by atoms with Crippen molar-refractivity contribution >= 4 is 27.3 Å². The van der Waals surface area contributed by atoms with Crippen LogP contribution >= 0.6 is 11.3 Å². The molecule has 10 heteroatoms. The van der Waals surface area contributed by atoms with Gasteiger partial charge in [-0.2, -0.15) is 13.2 Å². The van der Waals surface area contributed by atoms with Crippen molar-refractivity contribution in [3.63, 3.8) is 0 Å². The van der Waals surface area contributed by atoms with Crippen molar-refractivity contribution in [2.75, 3.05) is 6.54 Å². The van der Waals surface area contributed by atoms with Gasteiger partial charge in [-0.3, -0.25) is 0 Å². The van der Waals surface area contributed by atoms with Crippen molar-refractivity contribution in [1.82, 2.24) is 4.72 Å². The molecule has 0 aliphatic heterocycles. The molecule has 0 aliphatic carbocycles. The smallest absolute Gasteiger partial charge is 0.402 e. The summed E-state index contributed by atoms with van der Waals surface area (Å²) in [6.45, 7) is -0.436. The highest BCUT2D eigenvalue weighted by atomic mass is 32.2. The first-order valence-electron chi connectivity index (χ1n) is 4.42. The van der Waals surface area contributed by atoms with Gasteiger partial charge in [0.1, 0.15) is 16.3 Å². The van der Waals surface area contributed by atoms with Crippen molar-refractivity contribution in [2.24, 2.45) is 0 Å². The lowest BCUT2D eigenvalue weighted by atomic mass is 10.3. The van der Waals surface area contributed by atoms with Gasteiger partial charge in [0, 0.05) is 0 Å². The Morgan fingerprint density at radius 1 is 1.50 bits per heavy atom. The molecular formula is C8H8F3NO4S2. The molecule has 0 saturated heterocycles. The van der Waals surface area contributed by atoms with Crippen LogP contribution in [0, 0.1) is 6.92 Å². The van der Waals surface area contributed by atoms with Gasteiger partial charge in [-0.05, 0) is 17.9 Å². The van der Waals surface area contributed by atoms with Crippen molar-refractivity contribution in [2.45, 2.75) is 18.0 Å². The van der Waals surface area contributed by atoms with Gasteiger partial charge in [0.2, 0.25) is 10.0 Å². The maximum atomic E-state index is 11.9. The first-order valence-corrected chi connectivity index (χ1v) is 6.78. The Kier molecular flexibility index (Phi) is 4.03. The van der Waals surface area contributed by atoms with Crippen LogP contribution in [0.2, 0.25) is 0 Å². The zero-order valence-electron chi connectivity index (χ0n) is 8.91. The van der Waals surface area contributed by atoms with E-state index in [1.165, 1.54) is 17.0 Å². The Morgan fingerprint density at radius 3 is 2.50 bits per heavy atom. The summed E-state index contributed by atoms with van der Waals surface area (Å²) in [6.07, 6.45) is -4.71. The first kappa shape index (κ1) is 14.9. The SMILES string of the molecule is Cc1csc(C(=O)O)c1S(=O)(=O)NCC(F)(F)F. The summed E-state index contributed by atoms with van der Waals surface area (Å²) in [4.78, 5) is 9.65. The van der Waals surface area contributed by atoms with Crippen LogP contribution in [0.3, 0.4) is 0 Å². The van der Waals surface area contributed by atoms with Crippen LogP contribution in [-0.2, 0) is 10.0 Å². The van der Waals surface area contributed by atoms with E-state index in [0.717, 1.165) is 0 Å². The van der Waals surface area contributed by atoms with Crippen LogP contribution in [0.1, 0.15) is 15.2 Å². The number of nitrogens with one attached hydrogen (secondary N) is 1. The van der Waals surface area contributed by atoms with E-state index in [1.54, 1.807) is 0 Å². The standard InChI is InChI=1S/C8H8F3NO4S2/c1-4-2-17-5(7(13)14)6(4)18(15,16)12-3-8(9,10)11/h2,12H,3H2,1H3,(H,13,14). The Hall–Kier alpha value is -1.13. The summed E-state index contributed by atoms with van der Waals surface area (Å²) in [5, 5.41) is 10.0. The van der Waals surface area contributed by atoms with E-state index in [2.05, 4.69) is 0 Å². The van der Waals surface area contributed by atoms with Gasteiger partial charge < -0.3 is 5.11 Å². The van der Waals surface area contributed by atoms with Gasteiger partial charge in [-0.1, -0.05) is 0 Å². The second-order valence-electron chi connectivity index (χ2n) is 3.32. The molecule has 102 valence electrons. The van der Waals surface area contributed by atoms with E-state index in [0.29, 0.717) is 11.3 Å². The number of aryl methyl sites for hydroxylation is 1. The zero-order chi connectivity index (χ0) is 14.1. The minimum atomic E-state index is -4.71. The normalized spacial score (nSPS) is 12.7. The molecule has 2 N–H and O–H groups in total. The Balaban J connectivity index is 3.13. The molecule has 1 rings (SSSR count). The number of rotatable bonds is 4. The molecule has 1 aromatic rings. The van der Waals surface area contributed by atoms with Gasteiger partial charge in [0.25, 0.3) is 0 Å². The number of hydrogen-bond donors (Lipinski definition) is 2. The molecule has 0 saturated carbocycles. The van der Waals surface area contributed by atoms with E-state index < -0.39 is 38.5 Å². The lowest BCUT2D eigenvalue weighted by molar-refractivity contribution is -0.121. The number of sulfonamides is 1. The van der Waals surface area contributed by atoms with Crippen LogP contribution in [0.25, 0.3) is 0 Å². The van der Waals surface area contributed by atoms with Gasteiger partial charge in [-0.25, -0.2) is 17.9 Å². The summed E-state index contributed by atoms with van der Waals surface area (Å²) in [5.41, 5.74) is 0.0899. The van der Waals surface area contributed by atoms with E-state index in [9.17, 15) is 26.4 Å². The second-order valence-corrected chi connectivity index (χ2v) is 5.91. The molecule has 5 nitrogen and oxygen atoms in total. The minimum absolute atomic E-state index is 0.0899. The maximum absolute atomic E-state index is 11.9. The van der Waals surface area contributed by atoms with Crippen LogP contribution < -0.4 is 4.72 Å². The molecule has 0 atom stereocenters. The molecule has 1 aromatic heterocycles. The molecular weight excluding hydrogens is 295 g/mol. The van der Waals surface area contributed by atoms with Crippen LogP contribution in [-0.4, -0.2) is 32.2 Å². The molecule has 0 fully saturated rings. The molecule has 1 heterocycles. The number of aromatic carboxylic acids is 1. The number of alkyl halides is 3. The molecule has 0 bridgehead atoms. The molecule has 18 heavy (non-hydrogen) atoms. The largest absolute Gasteiger partial charge is 0.477 e. The van der Waals surface area contributed by atoms with Crippen molar-refractivity contribution in [3.8, 4) is 0 Å². The highest BCUT2D eigenvalue weighted by Crippen LogP contribution is 2.27. The summed E-state index contributed by atoms with van der Waals surface area (Å²) in [5.74, 6) is -1.50. The Bertz CT molecular complexity index is 561. The van der Waals surface area contributed by atoms with E-state index >= 15 is 0 Å². The predicted octanol–water partition coefficient (Wildman–Crippen LogP) is 1.60. The van der Waals surface area contributed by atoms with E-state index in [1.807, 2.05) is 0 Å². The fraction of sp³-hybridized carbons (Fsp3) is 0.375. The van der Waals surface area contributed by atoms with Gasteiger partial charge in [-0.15, -0.1) is 11.3 Å². The second kappa shape index (κ2) is 4.86. The highest BCUT2D eigenvalue weighted by Gasteiger charge is 2.33. The first-order chi connectivity index (χ1) is 8.04. The average molecular weight is 303 g/mol. The third-order valence-electron chi connectivity index (χ3n) is 1.84. The number of carbonyl (C=O) groups is 1. The quantitative estimate of drug-likeness (QED) is 0.885. The Labute approximate surface area is 104 Å². The van der Waals surface area contributed by atoms with Crippen LogP contribution in [0.4, 0.5) is 13.2 Å². The number of carboxylic acids is 1. The summed E-state index contributed by atoms with van der Waals surface area (Å²) in [7, 11) is -4.50. The maximum Gasteiger partial charge on any atom is 0.402 e. The number of hydrogen-bond acceptors (Lipinski definition) is 4. The zero-order valence-corrected chi connectivity index (χ0v) is 10.5. The lowest BCUT2D eigenvalue weighted by Crippen LogP contribution is -2.34. The molecule has 0 aliphatic rings. The lowest BCUT2D eigenvalue weighted by Gasteiger charge is -2.09.